The summed E-state index contributed by atoms with van der Waals surface area (Å²) in [4.78, 5) is 13.9. The molecule has 2 aliphatic rings. The molecule has 0 bridgehead atoms. The molecule has 8 heteroatoms. The standard InChI is InChI=1S/C24H29FN6O/c1-32-19-7-6-17(21(25)13-19)15-30-10-4-5-18(16-30)23-20(14-27-29-23)22-8-9-26-24(28-22)31-11-2-3-12-31/h6-9,13-14,18H,2-5,10-12,15-16H2,1H3,(H,27,29)/t18-/m1/s1. The molecule has 0 amide bonds. The number of benzene rings is 1. The number of aromatic amines is 1. The van der Waals surface area contributed by atoms with Crippen LogP contribution in [0.3, 0.4) is 0 Å². The van der Waals surface area contributed by atoms with Gasteiger partial charge in [0.15, 0.2) is 0 Å². The van der Waals surface area contributed by atoms with Crippen molar-refractivity contribution in [3.8, 4) is 17.0 Å². The molecule has 32 heavy (non-hydrogen) atoms. The molecule has 7 nitrogen and oxygen atoms in total. The number of halogens is 1. The largest absolute Gasteiger partial charge is 0.497 e. The number of likely N-dealkylation sites (tertiary alicyclic amines) is 1. The maximum absolute atomic E-state index is 14.5. The number of hydrogen-bond acceptors (Lipinski definition) is 6. The molecule has 2 aromatic heterocycles. The molecule has 1 aromatic carbocycles. The number of nitrogens with zero attached hydrogens (tertiary/aromatic N) is 5. The van der Waals surface area contributed by atoms with Crippen molar-refractivity contribution in [1.29, 1.82) is 0 Å². The average molecular weight is 437 g/mol. The van der Waals surface area contributed by atoms with Gasteiger partial charge in [0, 0.05) is 61.2 Å². The van der Waals surface area contributed by atoms with E-state index in [-0.39, 0.29) is 5.82 Å². The summed E-state index contributed by atoms with van der Waals surface area (Å²) in [5, 5.41) is 7.58. The van der Waals surface area contributed by atoms with E-state index < -0.39 is 0 Å². The van der Waals surface area contributed by atoms with Gasteiger partial charge in [0.1, 0.15) is 11.6 Å². The molecule has 4 heterocycles. The fourth-order valence-corrected chi connectivity index (χ4v) is 4.84. The molecule has 2 aliphatic heterocycles. The number of rotatable bonds is 6. The molecule has 2 fully saturated rings. The summed E-state index contributed by atoms with van der Waals surface area (Å²) in [6.07, 6.45) is 8.22. The number of ether oxygens (including phenoxy) is 1. The Bertz CT molecular complexity index is 1060. The molecule has 5 rings (SSSR count). The summed E-state index contributed by atoms with van der Waals surface area (Å²) < 4.78 is 19.6. The Morgan fingerprint density at radius 3 is 2.84 bits per heavy atom. The van der Waals surface area contributed by atoms with Gasteiger partial charge < -0.3 is 9.64 Å². The minimum absolute atomic E-state index is 0.218. The summed E-state index contributed by atoms with van der Waals surface area (Å²) in [6.45, 7) is 4.42. The highest BCUT2D eigenvalue weighted by molar-refractivity contribution is 5.63. The predicted octanol–water partition coefficient (Wildman–Crippen LogP) is 3.99. The lowest BCUT2D eigenvalue weighted by atomic mass is 9.91. The molecule has 0 spiro atoms. The Morgan fingerprint density at radius 2 is 2.03 bits per heavy atom. The quantitative estimate of drug-likeness (QED) is 0.630. The highest BCUT2D eigenvalue weighted by Gasteiger charge is 2.26. The number of methoxy groups -OCH3 is 1. The van der Waals surface area contributed by atoms with Crippen LogP contribution < -0.4 is 9.64 Å². The van der Waals surface area contributed by atoms with E-state index in [1.165, 1.54) is 18.9 Å². The summed E-state index contributed by atoms with van der Waals surface area (Å²) in [6, 6.07) is 7.05. The number of piperidine rings is 1. The van der Waals surface area contributed by atoms with Gasteiger partial charge >= 0.3 is 0 Å². The van der Waals surface area contributed by atoms with Crippen LogP contribution >= 0.6 is 0 Å². The maximum Gasteiger partial charge on any atom is 0.225 e. The van der Waals surface area contributed by atoms with Crippen LogP contribution in [0.4, 0.5) is 10.3 Å². The second-order valence-electron chi connectivity index (χ2n) is 8.66. The van der Waals surface area contributed by atoms with Crippen molar-refractivity contribution < 1.29 is 9.13 Å². The van der Waals surface area contributed by atoms with Gasteiger partial charge in [-0.3, -0.25) is 10.00 Å². The summed E-state index contributed by atoms with van der Waals surface area (Å²) in [5.74, 6) is 1.42. The van der Waals surface area contributed by atoms with E-state index in [4.69, 9.17) is 9.72 Å². The Labute approximate surface area is 187 Å². The van der Waals surface area contributed by atoms with Crippen LogP contribution in [0.1, 0.15) is 42.9 Å². The van der Waals surface area contributed by atoms with Gasteiger partial charge in [-0.05, 0) is 44.4 Å². The second kappa shape index (κ2) is 9.24. The number of aromatic nitrogens is 4. The van der Waals surface area contributed by atoms with Crippen LogP contribution in [-0.4, -0.2) is 58.4 Å². The van der Waals surface area contributed by atoms with E-state index in [9.17, 15) is 4.39 Å². The van der Waals surface area contributed by atoms with Crippen molar-refractivity contribution in [2.24, 2.45) is 0 Å². The van der Waals surface area contributed by atoms with E-state index in [2.05, 4.69) is 25.0 Å². The fraction of sp³-hybridized carbons (Fsp3) is 0.458. The summed E-state index contributed by atoms with van der Waals surface area (Å²) in [5.41, 5.74) is 3.75. The van der Waals surface area contributed by atoms with Crippen molar-refractivity contribution in [3.63, 3.8) is 0 Å². The van der Waals surface area contributed by atoms with E-state index in [1.807, 2.05) is 30.6 Å². The number of anilines is 1. The molecule has 0 radical (unpaired) electrons. The summed E-state index contributed by atoms with van der Waals surface area (Å²) >= 11 is 0. The lowest BCUT2D eigenvalue weighted by Gasteiger charge is -2.32. The zero-order valence-corrected chi connectivity index (χ0v) is 18.4. The van der Waals surface area contributed by atoms with Crippen molar-refractivity contribution in [2.45, 2.75) is 38.1 Å². The second-order valence-corrected chi connectivity index (χ2v) is 8.66. The minimum atomic E-state index is -0.218. The molecule has 1 N–H and O–H groups in total. The van der Waals surface area contributed by atoms with Crippen molar-refractivity contribution >= 4 is 5.95 Å². The van der Waals surface area contributed by atoms with Crippen molar-refractivity contribution in [3.05, 3.63) is 53.7 Å². The number of nitrogens with one attached hydrogen (secondary N) is 1. The van der Waals surface area contributed by atoms with E-state index >= 15 is 0 Å². The Kier molecular flexibility index (Phi) is 6.03. The smallest absolute Gasteiger partial charge is 0.225 e. The highest BCUT2D eigenvalue weighted by atomic mass is 19.1. The predicted molar refractivity (Wildman–Crippen MR) is 121 cm³/mol. The Morgan fingerprint density at radius 1 is 1.16 bits per heavy atom. The van der Waals surface area contributed by atoms with Crippen LogP contribution in [0.2, 0.25) is 0 Å². The summed E-state index contributed by atoms with van der Waals surface area (Å²) in [7, 11) is 1.55. The van der Waals surface area contributed by atoms with Crippen molar-refractivity contribution in [1.82, 2.24) is 25.1 Å². The number of H-pyrrole nitrogens is 1. The van der Waals surface area contributed by atoms with Gasteiger partial charge in [0.25, 0.3) is 0 Å². The molecule has 0 unspecified atom stereocenters. The normalized spacial score (nSPS) is 19.4. The fourth-order valence-electron chi connectivity index (χ4n) is 4.84. The monoisotopic (exact) mass is 436 g/mol. The van der Waals surface area contributed by atoms with Gasteiger partial charge in [-0.1, -0.05) is 6.07 Å². The SMILES string of the molecule is COc1ccc(CN2CCC[C@@H](c3[nH]ncc3-c3ccnc(N4CCCC4)n3)C2)c(F)c1. The molecule has 2 saturated heterocycles. The van der Waals surface area contributed by atoms with Gasteiger partial charge in [-0.2, -0.15) is 5.10 Å². The molecule has 0 saturated carbocycles. The van der Waals surface area contributed by atoms with E-state index in [0.29, 0.717) is 23.8 Å². The zero-order valence-electron chi connectivity index (χ0n) is 18.4. The molecule has 1 atom stereocenters. The third kappa shape index (κ3) is 4.32. The first-order valence-electron chi connectivity index (χ1n) is 11.4. The highest BCUT2D eigenvalue weighted by Crippen LogP contribution is 2.33. The third-order valence-corrected chi connectivity index (χ3v) is 6.54. The molecule has 168 valence electrons. The molecule has 0 aliphatic carbocycles. The van der Waals surface area contributed by atoms with Crippen LogP contribution in [0.5, 0.6) is 5.75 Å². The topological polar surface area (TPSA) is 70.2 Å². The molecular weight excluding hydrogens is 407 g/mol. The van der Waals surface area contributed by atoms with Gasteiger partial charge in [-0.15, -0.1) is 0 Å². The van der Waals surface area contributed by atoms with E-state index in [0.717, 1.165) is 61.9 Å². The van der Waals surface area contributed by atoms with Crippen LogP contribution in [0.15, 0.2) is 36.7 Å². The number of hydrogen-bond donors (Lipinski definition) is 1. The van der Waals surface area contributed by atoms with Crippen LogP contribution in [-0.2, 0) is 6.54 Å². The third-order valence-electron chi connectivity index (χ3n) is 6.54. The van der Waals surface area contributed by atoms with Crippen LogP contribution in [0.25, 0.3) is 11.3 Å². The lowest BCUT2D eigenvalue weighted by Crippen LogP contribution is -2.34. The Hall–Kier alpha value is -3.00. The zero-order chi connectivity index (χ0) is 21.9. The molecular formula is C24H29FN6O. The first-order chi connectivity index (χ1) is 15.7. The van der Waals surface area contributed by atoms with Crippen molar-refractivity contribution in [2.75, 3.05) is 38.2 Å². The first kappa shape index (κ1) is 20.9. The molecule has 3 aromatic rings. The van der Waals surface area contributed by atoms with E-state index in [1.54, 1.807) is 7.11 Å². The lowest BCUT2D eigenvalue weighted by molar-refractivity contribution is 0.196. The average Bonchev–Trinajstić information content (AvgIpc) is 3.53. The van der Waals surface area contributed by atoms with Gasteiger partial charge in [0.05, 0.1) is 19.0 Å². The maximum atomic E-state index is 14.5. The van der Waals surface area contributed by atoms with Gasteiger partial charge in [0.2, 0.25) is 5.95 Å². The Balaban J connectivity index is 1.33. The first-order valence-corrected chi connectivity index (χ1v) is 11.4. The van der Waals surface area contributed by atoms with Crippen LogP contribution in [0, 0.1) is 5.82 Å². The van der Waals surface area contributed by atoms with Gasteiger partial charge in [-0.25, -0.2) is 14.4 Å². The minimum Gasteiger partial charge on any atom is -0.497 e.